The molecule has 1 N–H and O–H groups in total. The van der Waals surface area contributed by atoms with Gasteiger partial charge in [-0.1, -0.05) is 29.6 Å². The first kappa shape index (κ1) is 18.9. The zero-order valence-corrected chi connectivity index (χ0v) is 16.4. The molecule has 8 heteroatoms. The van der Waals surface area contributed by atoms with Gasteiger partial charge in [0.2, 0.25) is 0 Å². The largest absolute Gasteiger partial charge is 0.319 e. The number of nitrogens with one attached hydrogen (secondary N) is 1. The summed E-state index contributed by atoms with van der Waals surface area (Å²) in [5, 5.41) is 11.7. The molecule has 0 saturated heterocycles. The summed E-state index contributed by atoms with van der Waals surface area (Å²) in [5.74, 6) is 0.524. The number of hydrogen-bond acceptors (Lipinski definition) is 3. The van der Waals surface area contributed by atoms with E-state index in [1.54, 1.807) is 18.2 Å². The van der Waals surface area contributed by atoms with Crippen molar-refractivity contribution in [2.45, 2.75) is 32.2 Å². The first-order valence-corrected chi connectivity index (χ1v) is 9.77. The van der Waals surface area contributed by atoms with Crippen molar-refractivity contribution in [3.8, 4) is 11.4 Å². The highest BCUT2D eigenvalue weighted by Crippen LogP contribution is 2.28. The standard InChI is InChI=1S/C20H17Cl2FN4O/c21-13-6-7-15(22)14(11-13)20(28)24-17-10-12(5-8-16(17)23)19-26-25-18-4-2-1-3-9-27(18)19/h5-8,10-11H,1-4,9H2,(H,24,28). The minimum atomic E-state index is -0.550. The predicted octanol–water partition coefficient (Wildman–Crippen LogP) is 5.37. The summed E-state index contributed by atoms with van der Waals surface area (Å²) in [4.78, 5) is 12.6. The number of fused-ring (bicyclic) bond motifs is 1. The van der Waals surface area contributed by atoms with Gasteiger partial charge >= 0.3 is 0 Å². The van der Waals surface area contributed by atoms with Crippen LogP contribution in [0.3, 0.4) is 0 Å². The van der Waals surface area contributed by atoms with E-state index in [4.69, 9.17) is 23.2 Å². The predicted molar refractivity (Wildman–Crippen MR) is 107 cm³/mol. The smallest absolute Gasteiger partial charge is 0.257 e. The van der Waals surface area contributed by atoms with Gasteiger partial charge in [0.1, 0.15) is 11.6 Å². The summed E-state index contributed by atoms with van der Waals surface area (Å²) in [5.41, 5.74) is 0.911. The van der Waals surface area contributed by atoms with E-state index in [-0.39, 0.29) is 16.3 Å². The van der Waals surface area contributed by atoms with E-state index in [1.165, 1.54) is 18.2 Å². The molecule has 0 unspecified atom stereocenters. The molecule has 0 spiro atoms. The van der Waals surface area contributed by atoms with Crippen LogP contribution < -0.4 is 5.32 Å². The van der Waals surface area contributed by atoms with Crippen LogP contribution in [-0.2, 0) is 13.0 Å². The Hall–Kier alpha value is -2.44. The Bertz CT molecular complexity index is 1050. The van der Waals surface area contributed by atoms with E-state index in [2.05, 4.69) is 20.1 Å². The van der Waals surface area contributed by atoms with Crippen molar-refractivity contribution in [3.63, 3.8) is 0 Å². The summed E-state index contributed by atoms with van der Waals surface area (Å²) in [6.45, 7) is 0.828. The third kappa shape index (κ3) is 3.75. The van der Waals surface area contributed by atoms with Gasteiger partial charge < -0.3 is 9.88 Å². The number of amides is 1. The molecule has 1 aliphatic heterocycles. The van der Waals surface area contributed by atoms with Crippen LogP contribution in [0.25, 0.3) is 11.4 Å². The molecule has 5 nitrogen and oxygen atoms in total. The molecule has 4 rings (SSSR count). The van der Waals surface area contributed by atoms with Crippen LogP contribution >= 0.6 is 23.2 Å². The number of aryl methyl sites for hydroxylation is 1. The van der Waals surface area contributed by atoms with Crippen LogP contribution in [0, 0.1) is 5.82 Å². The Morgan fingerprint density at radius 1 is 1.07 bits per heavy atom. The number of anilines is 1. The van der Waals surface area contributed by atoms with Crippen molar-refractivity contribution >= 4 is 34.8 Å². The van der Waals surface area contributed by atoms with E-state index in [1.807, 2.05) is 0 Å². The second-order valence-corrected chi connectivity index (χ2v) is 7.52. The maximum absolute atomic E-state index is 14.4. The van der Waals surface area contributed by atoms with Crippen molar-refractivity contribution in [1.82, 2.24) is 14.8 Å². The second kappa shape index (κ2) is 7.89. The van der Waals surface area contributed by atoms with Gasteiger partial charge in [0.05, 0.1) is 16.3 Å². The zero-order valence-electron chi connectivity index (χ0n) is 14.9. The van der Waals surface area contributed by atoms with Crippen LogP contribution in [0.2, 0.25) is 10.0 Å². The normalized spacial score (nSPS) is 13.7. The van der Waals surface area contributed by atoms with Gasteiger partial charge in [0.25, 0.3) is 5.91 Å². The molecule has 0 saturated carbocycles. The van der Waals surface area contributed by atoms with Crippen molar-refractivity contribution in [2.24, 2.45) is 0 Å². The van der Waals surface area contributed by atoms with Gasteiger partial charge in [-0.25, -0.2) is 4.39 Å². The number of hydrogen-bond donors (Lipinski definition) is 1. The lowest BCUT2D eigenvalue weighted by atomic mass is 10.1. The monoisotopic (exact) mass is 418 g/mol. The lowest BCUT2D eigenvalue weighted by Crippen LogP contribution is -2.14. The topological polar surface area (TPSA) is 59.8 Å². The van der Waals surface area contributed by atoms with Crippen LogP contribution in [0.4, 0.5) is 10.1 Å². The van der Waals surface area contributed by atoms with Gasteiger partial charge in [-0.2, -0.15) is 0 Å². The molecule has 2 aromatic carbocycles. The first-order chi connectivity index (χ1) is 13.5. The molecular formula is C20H17Cl2FN4O. The Balaban J connectivity index is 1.66. The van der Waals surface area contributed by atoms with E-state index < -0.39 is 11.7 Å². The minimum Gasteiger partial charge on any atom is -0.319 e. The molecule has 0 bridgehead atoms. The van der Waals surface area contributed by atoms with Gasteiger partial charge in [0.15, 0.2) is 5.82 Å². The van der Waals surface area contributed by atoms with Crippen molar-refractivity contribution in [1.29, 1.82) is 0 Å². The molecular weight excluding hydrogens is 402 g/mol. The summed E-state index contributed by atoms with van der Waals surface area (Å²) < 4.78 is 16.4. The third-order valence-electron chi connectivity index (χ3n) is 4.76. The highest BCUT2D eigenvalue weighted by molar-refractivity contribution is 6.36. The van der Waals surface area contributed by atoms with Crippen molar-refractivity contribution in [3.05, 3.63) is 63.6 Å². The number of benzene rings is 2. The fraction of sp³-hybridized carbons (Fsp3) is 0.250. The van der Waals surface area contributed by atoms with Gasteiger partial charge in [-0.3, -0.25) is 4.79 Å². The average Bonchev–Trinajstić information content (AvgIpc) is 2.93. The molecule has 28 heavy (non-hydrogen) atoms. The minimum absolute atomic E-state index is 0.0458. The Kier molecular flexibility index (Phi) is 5.33. The molecule has 1 aromatic heterocycles. The lowest BCUT2D eigenvalue weighted by Gasteiger charge is -2.11. The van der Waals surface area contributed by atoms with Crippen LogP contribution in [0.1, 0.15) is 35.4 Å². The van der Waals surface area contributed by atoms with Gasteiger partial charge in [-0.15, -0.1) is 10.2 Å². The maximum Gasteiger partial charge on any atom is 0.257 e. The summed E-state index contributed by atoms with van der Waals surface area (Å²) in [7, 11) is 0. The number of nitrogens with zero attached hydrogens (tertiary/aromatic N) is 3. The molecule has 0 aliphatic carbocycles. The average molecular weight is 419 g/mol. The SMILES string of the molecule is O=C(Nc1cc(-c2nnc3n2CCCCC3)ccc1F)c1cc(Cl)ccc1Cl. The molecule has 0 atom stereocenters. The van der Waals surface area contributed by atoms with Crippen LogP contribution in [0.5, 0.6) is 0 Å². The highest BCUT2D eigenvalue weighted by atomic mass is 35.5. The molecule has 1 amide bonds. The number of rotatable bonds is 3. The second-order valence-electron chi connectivity index (χ2n) is 6.68. The van der Waals surface area contributed by atoms with Crippen LogP contribution in [-0.4, -0.2) is 20.7 Å². The Morgan fingerprint density at radius 3 is 2.79 bits per heavy atom. The third-order valence-corrected chi connectivity index (χ3v) is 5.32. The number of carbonyl (C=O) groups excluding carboxylic acids is 1. The lowest BCUT2D eigenvalue weighted by molar-refractivity contribution is 0.102. The Labute approximate surface area is 171 Å². The summed E-state index contributed by atoms with van der Waals surface area (Å²) >= 11 is 12.0. The molecule has 0 fully saturated rings. The zero-order chi connectivity index (χ0) is 19.7. The fourth-order valence-electron chi connectivity index (χ4n) is 3.32. The summed E-state index contributed by atoms with van der Waals surface area (Å²) in [6, 6.07) is 9.06. The first-order valence-electron chi connectivity index (χ1n) is 9.01. The van der Waals surface area contributed by atoms with E-state index in [0.29, 0.717) is 16.4 Å². The number of halogens is 3. The van der Waals surface area contributed by atoms with E-state index >= 15 is 0 Å². The fourth-order valence-corrected chi connectivity index (χ4v) is 3.70. The molecule has 3 aromatic rings. The molecule has 0 radical (unpaired) electrons. The number of carbonyl (C=O) groups is 1. The quantitative estimate of drug-likeness (QED) is 0.621. The van der Waals surface area contributed by atoms with E-state index in [9.17, 15) is 9.18 Å². The molecule has 2 heterocycles. The molecule has 1 aliphatic rings. The summed E-state index contributed by atoms with van der Waals surface area (Å²) in [6.07, 6.45) is 4.16. The van der Waals surface area contributed by atoms with E-state index in [0.717, 1.165) is 38.1 Å². The van der Waals surface area contributed by atoms with Crippen LogP contribution in [0.15, 0.2) is 36.4 Å². The van der Waals surface area contributed by atoms with Gasteiger partial charge in [0, 0.05) is 23.6 Å². The number of aromatic nitrogens is 3. The maximum atomic E-state index is 14.4. The Morgan fingerprint density at radius 2 is 1.93 bits per heavy atom. The van der Waals surface area contributed by atoms with Crippen molar-refractivity contribution in [2.75, 3.05) is 5.32 Å². The highest BCUT2D eigenvalue weighted by Gasteiger charge is 2.18. The van der Waals surface area contributed by atoms with Gasteiger partial charge in [-0.05, 0) is 49.2 Å². The molecule has 144 valence electrons. The van der Waals surface area contributed by atoms with Crippen molar-refractivity contribution < 1.29 is 9.18 Å².